The van der Waals surface area contributed by atoms with Crippen LogP contribution in [0.5, 0.6) is 0 Å². The summed E-state index contributed by atoms with van der Waals surface area (Å²) >= 11 is 0. The average Bonchev–Trinajstić information content (AvgIpc) is 3.65. The van der Waals surface area contributed by atoms with Crippen molar-refractivity contribution in [3.05, 3.63) is 132 Å². The Kier molecular flexibility index (Phi) is 12.6. The smallest absolute Gasteiger partial charge is 0.306 e. The van der Waals surface area contributed by atoms with Crippen LogP contribution in [0.2, 0.25) is 0 Å². The van der Waals surface area contributed by atoms with Crippen LogP contribution in [-0.2, 0) is 29.4 Å². The van der Waals surface area contributed by atoms with E-state index in [1.54, 1.807) is 6.08 Å². The summed E-state index contributed by atoms with van der Waals surface area (Å²) in [6.07, 6.45) is 13.4. The normalized spacial score (nSPS) is 34.2. The molecule has 0 radical (unpaired) electrons. The van der Waals surface area contributed by atoms with Gasteiger partial charge in [0.25, 0.3) is 0 Å². The van der Waals surface area contributed by atoms with Crippen LogP contribution in [0.3, 0.4) is 0 Å². The van der Waals surface area contributed by atoms with Crippen molar-refractivity contribution in [3.8, 4) is 0 Å². The van der Waals surface area contributed by atoms with Crippen LogP contribution < -0.4 is 0 Å². The highest BCUT2D eigenvalue weighted by molar-refractivity contribution is 5.74. The molecule has 0 aliphatic heterocycles. The van der Waals surface area contributed by atoms with Crippen molar-refractivity contribution in [1.82, 2.24) is 0 Å². The van der Waals surface area contributed by atoms with Gasteiger partial charge in [0.2, 0.25) is 0 Å². The topological polar surface area (TPSA) is 61.8 Å². The summed E-state index contributed by atoms with van der Waals surface area (Å²) in [5, 5.41) is 0. The standard InChI is InChI=1S/C59H78O5/c1-11-37-62-50(60)38-53(4,5)39-51(61)64-49-31-32-55(8)47(54(49,6)7)30-33-57(10)48(55)28-27-46-52-45(41(2)3)29-34-58(52,36-35-56(46,57)9)40-63-59(42-21-15-12-16-22-42,43-23-17-13-18-24-43)44-25-19-14-20-26-44/h11-26,45-49,52H,1-2,27-40H2,3-10H3/t45?,46-,47?,48?,49+,52?,55+,56-,57-,58-/m1/s1. The number of ether oxygens (including phenoxy) is 3. The molecule has 5 aliphatic rings. The maximum absolute atomic E-state index is 13.6. The van der Waals surface area contributed by atoms with Crippen molar-refractivity contribution in [3.63, 3.8) is 0 Å². The second-order valence-corrected chi connectivity index (χ2v) is 23.4. The number of carbonyl (C=O) groups is 2. The van der Waals surface area contributed by atoms with Crippen molar-refractivity contribution in [1.29, 1.82) is 0 Å². The highest BCUT2D eigenvalue weighted by Gasteiger charge is 2.71. The van der Waals surface area contributed by atoms with Gasteiger partial charge < -0.3 is 14.2 Å². The van der Waals surface area contributed by atoms with Crippen LogP contribution in [0.4, 0.5) is 0 Å². The number of rotatable bonds is 14. The Morgan fingerprint density at radius 2 is 1.27 bits per heavy atom. The van der Waals surface area contributed by atoms with E-state index in [1.165, 1.54) is 67.2 Å². The van der Waals surface area contributed by atoms with Crippen LogP contribution >= 0.6 is 0 Å². The fourth-order valence-corrected chi connectivity index (χ4v) is 16.0. The molecule has 0 saturated heterocycles. The van der Waals surface area contributed by atoms with E-state index >= 15 is 0 Å². The van der Waals surface area contributed by atoms with E-state index < -0.39 is 11.0 Å². The lowest BCUT2D eigenvalue weighted by atomic mass is 9.32. The molecule has 0 aromatic heterocycles. The molecule has 5 nitrogen and oxygen atoms in total. The molecule has 64 heavy (non-hydrogen) atoms. The number of hydrogen-bond acceptors (Lipinski definition) is 5. The SMILES string of the molecule is C=CCOC(=O)CC(C)(C)CC(=O)O[C@H]1CC[C@@]2(C)C(CC[C@]3(C)C2CC[C@@H]2C4C(C(=C)C)CC[C@]4(COC(c4ccccc4)(c4ccccc4)c4ccccc4)CC[C@]23C)C1(C)C. The third kappa shape index (κ3) is 7.76. The molecule has 10 atom stereocenters. The Balaban J connectivity index is 1.06. The number of hydrogen-bond donors (Lipinski definition) is 0. The first-order valence-corrected chi connectivity index (χ1v) is 24.8. The zero-order valence-corrected chi connectivity index (χ0v) is 40.6. The Bertz CT molecular complexity index is 2060. The fraction of sp³-hybridized carbons (Fsp3) is 0.593. The van der Waals surface area contributed by atoms with Crippen molar-refractivity contribution >= 4 is 11.9 Å². The van der Waals surface area contributed by atoms with Crippen molar-refractivity contribution in [2.45, 2.75) is 144 Å². The Morgan fingerprint density at radius 3 is 1.83 bits per heavy atom. The maximum Gasteiger partial charge on any atom is 0.306 e. The third-order valence-corrected chi connectivity index (χ3v) is 19.2. The van der Waals surface area contributed by atoms with E-state index in [2.05, 4.69) is 139 Å². The predicted octanol–water partition coefficient (Wildman–Crippen LogP) is 14.1. The van der Waals surface area contributed by atoms with E-state index in [9.17, 15) is 9.59 Å². The molecule has 5 heteroatoms. The first-order chi connectivity index (χ1) is 30.4. The van der Waals surface area contributed by atoms with Gasteiger partial charge in [-0.2, -0.15) is 0 Å². The number of carbonyl (C=O) groups excluding carboxylic acids is 2. The third-order valence-electron chi connectivity index (χ3n) is 19.2. The van der Waals surface area contributed by atoms with Gasteiger partial charge in [0.05, 0.1) is 19.4 Å². The molecule has 4 unspecified atom stereocenters. The zero-order valence-electron chi connectivity index (χ0n) is 40.6. The number of allylic oxidation sites excluding steroid dienone is 1. The quantitative estimate of drug-likeness (QED) is 0.0918. The summed E-state index contributed by atoms with van der Waals surface area (Å²) in [5.74, 6) is 2.16. The summed E-state index contributed by atoms with van der Waals surface area (Å²) in [6.45, 7) is 28.3. The first kappa shape index (κ1) is 46.6. The second-order valence-electron chi connectivity index (χ2n) is 23.4. The molecule has 0 bridgehead atoms. The van der Waals surface area contributed by atoms with E-state index in [1.807, 2.05) is 13.8 Å². The van der Waals surface area contributed by atoms with Gasteiger partial charge in [-0.05, 0) is 144 Å². The van der Waals surface area contributed by atoms with E-state index in [-0.39, 0.29) is 64.6 Å². The minimum atomic E-state index is -0.739. The van der Waals surface area contributed by atoms with Gasteiger partial charge in [-0.3, -0.25) is 9.59 Å². The van der Waals surface area contributed by atoms with Crippen LogP contribution in [0, 0.1) is 62.1 Å². The monoisotopic (exact) mass is 867 g/mol. The number of fused-ring (bicyclic) bond motifs is 7. The second kappa shape index (κ2) is 17.4. The molecule has 0 amide bonds. The minimum Gasteiger partial charge on any atom is -0.462 e. The summed E-state index contributed by atoms with van der Waals surface area (Å²) in [4.78, 5) is 26.1. The lowest BCUT2D eigenvalue weighted by molar-refractivity contribution is -0.254. The van der Waals surface area contributed by atoms with E-state index in [0.717, 1.165) is 25.9 Å². The lowest BCUT2D eigenvalue weighted by Crippen LogP contribution is -2.67. The van der Waals surface area contributed by atoms with Crippen molar-refractivity contribution in [2.24, 2.45) is 62.1 Å². The molecule has 0 spiro atoms. The Morgan fingerprint density at radius 1 is 0.688 bits per heavy atom. The van der Waals surface area contributed by atoms with Crippen LogP contribution in [-0.4, -0.2) is 31.3 Å². The average molecular weight is 867 g/mol. The molecule has 3 aromatic carbocycles. The summed E-state index contributed by atoms with van der Waals surface area (Å²) < 4.78 is 19.5. The van der Waals surface area contributed by atoms with Crippen molar-refractivity contribution in [2.75, 3.05) is 13.2 Å². The predicted molar refractivity (Wildman–Crippen MR) is 258 cm³/mol. The lowest BCUT2D eigenvalue weighted by Gasteiger charge is -2.73. The summed E-state index contributed by atoms with van der Waals surface area (Å²) in [7, 11) is 0. The van der Waals surface area contributed by atoms with Gasteiger partial charge in [0, 0.05) is 5.41 Å². The largest absolute Gasteiger partial charge is 0.462 e. The molecule has 8 rings (SSSR count). The van der Waals surface area contributed by atoms with Gasteiger partial charge >= 0.3 is 11.9 Å². The van der Waals surface area contributed by atoms with Crippen molar-refractivity contribution < 1.29 is 23.8 Å². The van der Waals surface area contributed by atoms with Gasteiger partial charge in [-0.25, -0.2) is 0 Å². The maximum atomic E-state index is 13.6. The van der Waals surface area contributed by atoms with Crippen LogP contribution in [0.1, 0.15) is 149 Å². The molecular formula is C59H78O5. The number of esters is 2. The molecule has 5 fully saturated rings. The summed E-state index contributed by atoms with van der Waals surface area (Å²) in [6, 6.07) is 32.8. The fourth-order valence-electron chi connectivity index (χ4n) is 16.0. The molecular weight excluding hydrogens is 789 g/mol. The highest BCUT2D eigenvalue weighted by Crippen LogP contribution is 2.78. The molecule has 344 valence electrons. The van der Waals surface area contributed by atoms with E-state index in [4.69, 9.17) is 20.8 Å². The molecule has 3 aromatic rings. The van der Waals surface area contributed by atoms with Crippen LogP contribution in [0.25, 0.3) is 0 Å². The van der Waals surface area contributed by atoms with Gasteiger partial charge in [-0.15, -0.1) is 0 Å². The Labute approximate surface area is 386 Å². The molecule has 5 saturated carbocycles. The molecule has 5 aliphatic carbocycles. The van der Waals surface area contributed by atoms with Gasteiger partial charge in [0.1, 0.15) is 18.3 Å². The Hall–Kier alpha value is -3.96. The van der Waals surface area contributed by atoms with Crippen LogP contribution in [0.15, 0.2) is 116 Å². The van der Waals surface area contributed by atoms with Gasteiger partial charge in [-0.1, -0.05) is 164 Å². The van der Waals surface area contributed by atoms with Gasteiger partial charge in [0.15, 0.2) is 0 Å². The number of benzene rings is 3. The molecule has 0 heterocycles. The highest BCUT2D eigenvalue weighted by atomic mass is 16.5. The first-order valence-electron chi connectivity index (χ1n) is 24.8. The minimum absolute atomic E-state index is 0.0616. The van der Waals surface area contributed by atoms with E-state index in [0.29, 0.717) is 29.6 Å². The molecule has 0 N–H and O–H groups in total. The zero-order chi connectivity index (χ0) is 45.8. The summed E-state index contributed by atoms with van der Waals surface area (Å²) in [5.41, 5.74) is 4.03.